The van der Waals surface area contributed by atoms with Gasteiger partial charge in [0.25, 0.3) is 0 Å². The molecule has 16 heavy (non-hydrogen) atoms. The van der Waals surface area contributed by atoms with Crippen molar-refractivity contribution in [1.29, 1.82) is 0 Å². The summed E-state index contributed by atoms with van der Waals surface area (Å²) in [6.45, 7) is 9.82. The summed E-state index contributed by atoms with van der Waals surface area (Å²) in [6.07, 6.45) is 0. The maximum atomic E-state index is 11.2. The molecule has 0 bridgehead atoms. The molecule has 0 unspecified atom stereocenters. The fourth-order valence-electron chi connectivity index (χ4n) is 0.853. The number of hydrogen-bond donors (Lipinski definition) is 1. The lowest BCUT2D eigenvalue weighted by Crippen LogP contribution is -2.40. The van der Waals surface area contributed by atoms with Gasteiger partial charge < -0.3 is 19.6 Å². The molecule has 0 radical (unpaired) electrons. The van der Waals surface area contributed by atoms with Crippen LogP contribution in [0.3, 0.4) is 0 Å². The Hall–Kier alpha value is -1.61. The van der Waals surface area contributed by atoms with Crippen LogP contribution in [0, 0.1) is 6.57 Å². The third kappa shape index (κ3) is 5.32. The molecule has 0 heterocycles. The topological polar surface area (TPSA) is 69.0 Å². The zero-order valence-corrected chi connectivity index (χ0v) is 9.70. The largest absolute Gasteiger partial charge is 0.467 e. The van der Waals surface area contributed by atoms with Crippen LogP contribution in [0.5, 0.6) is 0 Å². The molecule has 0 atom stereocenters. The molecule has 0 aliphatic carbocycles. The normalized spacial score (nSPS) is 10.4. The Kier molecular flexibility index (Phi) is 6.11. The van der Waals surface area contributed by atoms with Crippen molar-refractivity contribution in [3.8, 4) is 0 Å². The highest BCUT2D eigenvalue weighted by molar-refractivity contribution is 5.80. The summed E-state index contributed by atoms with van der Waals surface area (Å²) in [7, 11) is 1.25. The van der Waals surface area contributed by atoms with Crippen LogP contribution in [0.25, 0.3) is 4.85 Å². The number of esters is 1. The zero-order chi connectivity index (χ0) is 12.6. The lowest BCUT2D eigenvalue weighted by molar-refractivity contribution is -0.166. The molecule has 0 aromatic heterocycles. The molecule has 0 fully saturated rings. The van der Waals surface area contributed by atoms with E-state index in [1.807, 2.05) is 0 Å². The zero-order valence-electron chi connectivity index (χ0n) is 9.70. The number of hydrogen-bond acceptors (Lipinski definition) is 4. The first-order valence-electron chi connectivity index (χ1n) is 4.76. The molecule has 1 amide bonds. The Bertz CT molecular complexity index is 294. The van der Waals surface area contributed by atoms with Gasteiger partial charge >= 0.3 is 5.97 Å². The molecule has 0 aromatic rings. The van der Waals surface area contributed by atoms with Crippen LogP contribution in [-0.2, 0) is 19.1 Å². The van der Waals surface area contributed by atoms with Gasteiger partial charge in [-0.15, -0.1) is 0 Å². The van der Waals surface area contributed by atoms with Gasteiger partial charge in [0.2, 0.25) is 12.5 Å². The van der Waals surface area contributed by atoms with Crippen LogP contribution in [0.2, 0.25) is 0 Å². The fourth-order valence-corrected chi connectivity index (χ4v) is 0.853. The molecule has 90 valence electrons. The number of nitrogens with zero attached hydrogens (tertiary/aromatic N) is 1. The molecule has 0 aliphatic heterocycles. The van der Waals surface area contributed by atoms with E-state index in [1.165, 1.54) is 21.0 Å². The second kappa shape index (κ2) is 6.80. The van der Waals surface area contributed by atoms with E-state index < -0.39 is 11.6 Å². The van der Waals surface area contributed by atoms with Crippen LogP contribution in [0.15, 0.2) is 0 Å². The van der Waals surface area contributed by atoms with Crippen LogP contribution in [0.1, 0.15) is 13.8 Å². The van der Waals surface area contributed by atoms with Crippen LogP contribution in [-0.4, -0.2) is 44.3 Å². The van der Waals surface area contributed by atoms with Crippen molar-refractivity contribution < 1.29 is 19.1 Å². The van der Waals surface area contributed by atoms with Crippen LogP contribution < -0.4 is 5.32 Å². The van der Waals surface area contributed by atoms with Crippen molar-refractivity contribution in [1.82, 2.24) is 5.32 Å². The quantitative estimate of drug-likeness (QED) is 0.394. The highest BCUT2D eigenvalue weighted by Gasteiger charge is 2.30. The summed E-state index contributed by atoms with van der Waals surface area (Å²) in [5, 5.41) is 2.48. The van der Waals surface area contributed by atoms with Gasteiger partial charge in [-0.2, -0.15) is 0 Å². The van der Waals surface area contributed by atoms with Crippen molar-refractivity contribution in [3.05, 3.63) is 11.4 Å². The average Bonchev–Trinajstić information content (AvgIpc) is 2.25. The van der Waals surface area contributed by atoms with Crippen molar-refractivity contribution >= 4 is 11.9 Å². The third-order valence-corrected chi connectivity index (χ3v) is 1.79. The first-order chi connectivity index (χ1) is 7.44. The molecule has 0 aliphatic rings. The summed E-state index contributed by atoms with van der Waals surface area (Å²) in [4.78, 5) is 25.5. The van der Waals surface area contributed by atoms with Crippen molar-refractivity contribution in [2.75, 3.05) is 26.8 Å². The summed E-state index contributed by atoms with van der Waals surface area (Å²) in [5.74, 6) is -0.901. The van der Waals surface area contributed by atoms with E-state index in [0.29, 0.717) is 0 Å². The maximum absolute atomic E-state index is 11.2. The van der Waals surface area contributed by atoms with E-state index in [4.69, 9.17) is 11.3 Å². The number of ether oxygens (including phenoxy) is 2. The molecular weight excluding hydrogens is 212 g/mol. The monoisotopic (exact) mass is 228 g/mol. The average molecular weight is 228 g/mol. The second-order valence-electron chi connectivity index (χ2n) is 3.52. The van der Waals surface area contributed by atoms with Gasteiger partial charge in [0.15, 0.2) is 5.60 Å². The number of carbonyl (C=O) groups is 2. The van der Waals surface area contributed by atoms with E-state index in [1.54, 1.807) is 0 Å². The van der Waals surface area contributed by atoms with Gasteiger partial charge in [-0.25, -0.2) is 11.4 Å². The van der Waals surface area contributed by atoms with E-state index in [-0.39, 0.29) is 25.6 Å². The van der Waals surface area contributed by atoms with Crippen molar-refractivity contribution in [2.24, 2.45) is 0 Å². The summed E-state index contributed by atoms with van der Waals surface area (Å²) in [6, 6.07) is 0. The van der Waals surface area contributed by atoms with Gasteiger partial charge in [-0.1, -0.05) is 0 Å². The third-order valence-electron chi connectivity index (χ3n) is 1.79. The Morgan fingerprint density at radius 2 is 2.06 bits per heavy atom. The molecule has 0 saturated heterocycles. The molecule has 0 spiro atoms. The standard InChI is InChI=1S/C10H16N2O4/c1-10(2,9(14)15-4)16-7-8(13)12-6-5-11-3/h5-7H2,1-2,4H3,(H,12,13). The smallest absolute Gasteiger partial charge is 0.337 e. The van der Waals surface area contributed by atoms with Gasteiger partial charge in [0.1, 0.15) is 6.61 Å². The molecule has 1 N–H and O–H groups in total. The highest BCUT2D eigenvalue weighted by atomic mass is 16.6. The van der Waals surface area contributed by atoms with Gasteiger partial charge in [0.05, 0.1) is 13.7 Å². The molecule has 6 nitrogen and oxygen atoms in total. The van der Waals surface area contributed by atoms with Crippen molar-refractivity contribution in [3.63, 3.8) is 0 Å². The van der Waals surface area contributed by atoms with Crippen LogP contribution >= 0.6 is 0 Å². The Morgan fingerprint density at radius 3 is 2.56 bits per heavy atom. The molecule has 6 heteroatoms. The predicted octanol–water partition coefficient (Wildman–Crippen LogP) is -0.00991. The van der Waals surface area contributed by atoms with Gasteiger partial charge in [-0.05, 0) is 13.8 Å². The Balaban J connectivity index is 3.91. The fraction of sp³-hybridized carbons (Fsp3) is 0.700. The van der Waals surface area contributed by atoms with Gasteiger partial charge in [-0.3, -0.25) is 4.79 Å². The Morgan fingerprint density at radius 1 is 1.44 bits per heavy atom. The minimum Gasteiger partial charge on any atom is -0.467 e. The molecule has 0 rings (SSSR count). The summed E-state index contributed by atoms with van der Waals surface area (Å²) in [5.41, 5.74) is -1.15. The van der Waals surface area contributed by atoms with E-state index >= 15 is 0 Å². The highest BCUT2D eigenvalue weighted by Crippen LogP contribution is 2.10. The van der Waals surface area contributed by atoms with E-state index in [0.717, 1.165) is 0 Å². The summed E-state index contributed by atoms with van der Waals surface area (Å²) < 4.78 is 9.62. The first kappa shape index (κ1) is 14.4. The first-order valence-corrected chi connectivity index (χ1v) is 4.76. The number of rotatable bonds is 6. The molecule has 0 aromatic carbocycles. The number of carbonyl (C=O) groups excluding carboxylic acids is 2. The second-order valence-corrected chi connectivity index (χ2v) is 3.52. The lowest BCUT2D eigenvalue weighted by atomic mass is 10.1. The predicted molar refractivity (Wildman–Crippen MR) is 56.5 cm³/mol. The Labute approximate surface area is 94.7 Å². The molecular formula is C10H16N2O4. The SMILES string of the molecule is [C-]#[N+]CCNC(=O)COC(C)(C)C(=O)OC. The minimum absolute atomic E-state index is 0.228. The van der Waals surface area contributed by atoms with Crippen molar-refractivity contribution in [2.45, 2.75) is 19.4 Å². The maximum Gasteiger partial charge on any atom is 0.337 e. The van der Waals surface area contributed by atoms with E-state index in [9.17, 15) is 9.59 Å². The number of amides is 1. The minimum atomic E-state index is -1.15. The molecule has 0 saturated carbocycles. The lowest BCUT2D eigenvalue weighted by Gasteiger charge is -2.21. The number of methoxy groups -OCH3 is 1. The summed E-state index contributed by atoms with van der Waals surface area (Å²) >= 11 is 0. The number of nitrogens with one attached hydrogen (secondary N) is 1. The van der Waals surface area contributed by atoms with Gasteiger partial charge in [0, 0.05) is 0 Å². The van der Waals surface area contributed by atoms with Crippen LogP contribution in [0.4, 0.5) is 0 Å². The van der Waals surface area contributed by atoms with E-state index in [2.05, 4.69) is 14.9 Å².